The average molecular weight is 179 g/mol. The van der Waals surface area contributed by atoms with E-state index in [4.69, 9.17) is 0 Å². The third-order valence-corrected chi connectivity index (χ3v) is 1.86. The molecule has 0 bridgehead atoms. The van der Waals surface area contributed by atoms with Gasteiger partial charge in [0.25, 0.3) is 0 Å². The van der Waals surface area contributed by atoms with Crippen molar-refractivity contribution in [1.29, 1.82) is 0 Å². The van der Waals surface area contributed by atoms with Crippen molar-refractivity contribution in [3.8, 4) is 0 Å². The van der Waals surface area contributed by atoms with Crippen molar-refractivity contribution >= 4 is 11.6 Å². The SMILES string of the molecule is COC(=O)Cn1ccn2nccc12. The standard InChI is InChI=1S/C8H9N3O2/c1-13-8(12)6-10-4-5-11-7(10)2-3-9-11/h2-5H,6H2,1H3. The van der Waals surface area contributed by atoms with Crippen molar-refractivity contribution in [2.45, 2.75) is 6.54 Å². The molecule has 0 spiro atoms. The minimum atomic E-state index is -0.265. The number of carbonyl (C=O) groups excluding carboxylic acids is 1. The number of rotatable bonds is 2. The number of esters is 1. The van der Waals surface area contributed by atoms with Crippen LogP contribution in [0.1, 0.15) is 0 Å². The number of nitrogens with zero attached hydrogens (tertiary/aromatic N) is 3. The fourth-order valence-electron chi connectivity index (χ4n) is 1.21. The fraction of sp³-hybridized carbons (Fsp3) is 0.250. The van der Waals surface area contributed by atoms with Crippen molar-refractivity contribution in [2.75, 3.05) is 7.11 Å². The Labute approximate surface area is 74.5 Å². The second-order valence-corrected chi connectivity index (χ2v) is 2.64. The van der Waals surface area contributed by atoms with Crippen LogP contribution < -0.4 is 0 Å². The van der Waals surface area contributed by atoms with Crippen molar-refractivity contribution in [1.82, 2.24) is 14.2 Å². The molecular formula is C8H9N3O2. The summed E-state index contributed by atoms with van der Waals surface area (Å²) in [5, 5.41) is 4.02. The highest BCUT2D eigenvalue weighted by Crippen LogP contribution is 2.03. The van der Waals surface area contributed by atoms with Gasteiger partial charge in [0.15, 0.2) is 0 Å². The van der Waals surface area contributed by atoms with Gasteiger partial charge in [0.05, 0.1) is 13.3 Å². The van der Waals surface area contributed by atoms with Gasteiger partial charge in [0, 0.05) is 18.5 Å². The van der Waals surface area contributed by atoms with Crippen LogP contribution in [0.3, 0.4) is 0 Å². The first-order valence-electron chi connectivity index (χ1n) is 3.86. The van der Waals surface area contributed by atoms with Crippen LogP contribution in [0.2, 0.25) is 0 Å². The van der Waals surface area contributed by atoms with Crippen molar-refractivity contribution < 1.29 is 9.53 Å². The normalized spacial score (nSPS) is 10.5. The first-order chi connectivity index (χ1) is 6.31. The molecule has 2 heterocycles. The number of aromatic nitrogens is 3. The molecular weight excluding hydrogens is 170 g/mol. The van der Waals surface area contributed by atoms with E-state index >= 15 is 0 Å². The zero-order chi connectivity index (χ0) is 9.26. The molecule has 5 nitrogen and oxygen atoms in total. The highest BCUT2D eigenvalue weighted by molar-refractivity contribution is 5.69. The van der Waals surface area contributed by atoms with Gasteiger partial charge in [-0.3, -0.25) is 4.79 Å². The van der Waals surface area contributed by atoms with E-state index in [0.29, 0.717) is 0 Å². The zero-order valence-corrected chi connectivity index (χ0v) is 7.17. The van der Waals surface area contributed by atoms with E-state index < -0.39 is 0 Å². The number of hydrogen-bond donors (Lipinski definition) is 0. The van der Waals surface area contributed by atoms with Crippen LogP contribution in [0.5, 0.6) is 0 Å². The maximum atomic E-state index is 11.0. The van der Waals surface area contributed by atoms with Crippen LogP contribution in [0.15, 0.2) is 24.7 Å². The second-order valence-electron chi connectivity index (χ2n) is 2.64. The Bertz CT molecular complexity index is 429. The predicted molar refractivity (Wildman–Crippen MR) is 45.2 cm³/mol. The van der Waals surface area contributed by atoms with Crippen molar-refractivity contribution in [2.24, 2.45) is 0 Å². The Hall–Kier alpha value is -1.78. The van der Waals surface area contributed by atoms with Gasteiger partial charge in [-0.25, -0.2) is 4.52 Å². The quantitative estimate of drug-likeness (QED) is 0.623. The van der Waals surface area contributed by atoms with E-state index in [9.17, 15) is 4.79 Å². The Balaban J connectivity index is 2.33. The number of ether oxygens (including phenoxy) is 1. The summed E-state index contributed by atoms with van der Waals surface area (Å²) >= 11 is 0. The summed E-state index contributed by atoms with van der Waals surface area (Å²) in [4.78, 5) is 11.0. The fourth-order valence-corrected chi connectivity index (χ4v) is 1.21. The van der Waals surface area contributed by atoms with E-state index in [1.165, 1.54) is 7.11 Å². The van der Waals surface area contributed by atoms with E-state index in [-0.39, 0.29) is 12.5 Å². The van der Waals surface area contributed by atoms with Crippen LogP contribution in [0, 0.1) is 0 Å². The number of imidazole rings is 1. The van der Waals surface area contributed by atoms with E-state index in [0.717, 1.165) is 5.65 Å². The summed E-state index contributed by atoms with van der Waals surface area (Å²) in [5.41, 5.74) is 0.880. The topological polar surface area (TPSA) is 48.5 Å². The van der Waals surface area contributed by atoms with Crippen molar-refractivity contribution in [3.63, 3.8) is 0 Å². The Morgan fingerprint density at radius 1 is 1.62 bits per heavy atom. The molecule has 0 aliphatic carbocycles. The van der Waals surface area contributed by atoms with Gasteiger partial charge in [-0.05, 0) is 0 Å². The summed E-state index contributed by atoms with van der Waals surface area (Å²) < 4.78 is 8.03. The summed E-state index contributed by atoms with van der Waals surface area (Å²) in [6.07, 6.45) is 5.26. The molecule has 2 aromatic rings. The van der Waals surface area contributed by atoms with Gasteiger partial charge in [0.1, 0.15) is 12.2 Å². The molecule has 0 saturated carbocycles. The molecule has 13 heavy (non-hydrogen) atoms. The Kier molecular flexibility index (Phi) is 1.77. The Morgan fingerprint density at radius 3 is 3.23 bits per heavy atom. The summed E-state index contributed by atoms with van der Waals surface area (Å²) in [7, 11) is 1.37. The third-order valence-electron chi connectivity index (χ3n) is 1.86. The molecule has 0 aliphatic heterocycles. The maximum absolute atomic E-state index is 11.0. The molecule has 0 radical (unpaired) electrons. The molecule has 0 aromatic carbocycles. The van der Waals surface area contributed by atoms with E-state index in [1.807, 2.05) is 6.07 Å². The molecule has 0 amide bonds. The minimum Gasteiger partial charge on any atom is -0.468 e. The number of carbonyl (C=O) groups is 1. The number of hydrogen-bond acceptors (Lipinski definition) is 3. The largest absolute Gasteiger partial charge is 0.468 e. The highest BCUT2D eigenvalue weighted by Gasteiger charge is 2.05. The lowest BCUT2D eigenvalue weighted by atomic mass is 10.6. The molecule has 2 aromatic heterocycles. The monoisotopic (exact) mass is 179 g/mol. The molecule has 2 rings (SSSR count). The summed E-state index contributed by atoms with van der Waals surface area (Å²) in [5.74, 6) is -0.265. The van der Waals surface area contributed by atoms with Crippen LogP contribution in [0.4, 0.5) is 0 Å². The van der Waals surface area contributed by atoms with E-state index in [2.05, 4.69) is 9.84 Å². The van der Waals surface area contributed by atoms with Gasteiger partial charge in [0.2, 0.25) is 0 Å². The molecule has 68 valence electrons. The highest BCUT2D eigenvalue weighted by atomic mass is 16.5. The van der Waals surface area contributed by atoms with Gasteiger partial charge >= 0.3 is 5.97 Å². The lowest BCUT2D eigenvalue weighted by Gasteiger charge is -2.00. The molecule has 0 fully saturated rings. The van der Waals surface area contributed by atoms with Crippen LogP contribution >= 0.6 is 0 Å². The number of methoxy groups -OCH3 is 1. The maximum Gasteiger partial charge on any atom is 0.325 e. The van der Waals surface area contributed by atoms with Gasteiger partial charge in [-0.1, -0.05) is 0 Å². The van der Waals surface area contributed by atoms with E-state index in [1.54, 1.807) is 27.7 Å². The zero-order valence-electron chi connectivity index (χ0n) is 7.17. The minimum absolute atomic E-state index is 0.221. The molecule has 0 atom stereocenters. The summed E-state index contributed by atoms with van der Waals surface area (Å²) in [6.45, 7) is 0.221. The van der Waals surface area contributed by atoms with Crippen LogP contribution in [-0.2, 0) is 16.1 Å². The predicted octanol–water partition coefficient (Wildman–Crippen LogP) is 0.309. The lowest BCUT2D eigenvalue weighted by molar-refractivity contribution is -0.141. The Morgan fingerprint density at radius 2 is 2.46 bits per heavy atom. The molecule has 0 unspecified atom stereocenters. The van der Waals surface area contributed by atoms with Gasteiger partial charge in [-0.2, -0.15) is 5.10 Å². The second kappa shape index (κ2) is 2.93. The average Bonchev–Trinajstić information content (AvgIpc) is 2.69. The van der Waals surface area contributed by atoms with Crippen LogP contribution in [-0.4, -0.2) is 27.3 Å². The summed E-state index contributed by atoms with van der Waals surface area (Å²) in [6, 6.07) is 1.84. The van der Waals surface area contributed by atoms with Crippen LogP contribution in [0.25, 0.3) is 5.65 Å². The lowest BCUT2D eigenvalue weighted by Crippen LogP contribution is -2.10. The molecule has 5 heteroatoms. The first-order valence-corrected chi connectivity index (χ1v) is 3.86. The van der Waals surface area contributed by atoms with Crippen molar-refractivity contribution in [3.05, 3.63) is 24.7 Å². The smallest absolute Gasteiger partial charge is 0.325 e. The third kappa shape index (κ3) is 1.28. The van der Waals surface area contributed by atoms with Gasteiger partial charge in [-0.15, -0.1) is 0 Å². The number of fused-ring (bicyclic) bond motifs is 1. The first kappa shape index (κ1) is 7.85. The molecule has 0 saturated heterocycles. The molecule has 0 N–H and O–H groups in total. The van der Waals surface area contributed by atoms with Gasteiger partial charge < -0.3 is 9.30 Å². The molecule has 0 aliphatic rings.